The Kier molecular flexibility index (Phi) is 15.3. The molecule has 17 heteroatoms. The number of phenolic OH excluding ortho intramolecular Hbond substituents is 2. The van der Waals surface area contributed by atoms with Crippen LogP contribution in [0.25, 0.3) is 0 Å². The molecule has 0 saturated heterocycles. The Labute approximate surface area is 187 Å². The zero-order valence-electron chi connectivity index (χ0n) is 14.1. The summed E-state index contributed by atoms with van der Waals surface area (Å²) in [5.74, 6) is -25.9. The zero-order valence-corrected chi connectivity index (χ0v) is 20.1. The van der Waals surface area contributed by atoms with Gasteiger partial charge in [-0.15, -0.1) is 0 Å². The predicted molar refractivity (Wildman–Crippen MR) is 69.8 cm³/mol. The monoisotopic (exact) mass is 554 g/mol. The maximum Gasteiger partial charge on any atom is 0.206 e. The molecule has 0 aliphatic heterocycles. The van der Waals surface area contributed by atoms with E-state index in [-0.39, 0.29) is 39.0 Å². The standard InChI is InChI=1S/2C6HF5O.CH3BO2.2Zn/c2*7-1-2(8)4(10)6(12)5(11)3(1)9;2-1(3)4;;/h2*12H;1,3-4H;;. The normalized spacial score (nSPS) is 9.50. The Balaban J connectivity index is -0.000000391. The van der Waals surface area contributed by atoms with Crippen molar-refractivity contribution in [1.29, 1.82) is 0 Å². The number of aliphatic hydroxyl groups is 2. The van der Waals surface area contributed by atoms with Crippen LogP contribution in [0.4, 0.5) is 43.9 Å². The molecule has 2 radical (unpaired) electrons. The van der Waals surface area contributed by atoms with Crippen LogP contribution >= 0.6 is 0 Å². The number of halogens is 10. The summed E-state index contributed by atoms with van der Waals surface area (Å²) in [5.41, 5.74) is 0. The van der Waals surface area contributed by atoms with E-state index in [0.717, 1.165) is 0 Å². The summed E-state index contributed by atoms with van der Waals surface area (Å²) in [4.78, 5) is 0. The molecule has 2 aromatic carbocycles. The van der Waals surface area contributed by atoms with Gasteiger partial charge < -0.3 is 20.4 Å². The third-order valence-corrected chi connectivity index (χ3v) is 2.37. The first-order valence-corrected chi connectivity index (χ1v) is 6.19. The summed E-state index contributed by atoms with van der Waals surface area (Å²) in [6.07, 6.45) is -1.67. The van der Waals surface area contributed by atoms with Gasteiger partial charge in [-0.2, -0.15) is 17.6 Å². The largest absolute Gasteiger partial charge is 0.503 e. The van der Waals surface area contributed by atoms with Crippen LogP contribution < -0.4 is 0 Å². The van der Waals surface area contributed by atoms with Gasteiger partial charge in [-0.3, -0.25) is 0 Å². The fourth-order valence-corrected chi connectivity index (χ4v) is 1.19. The minimum atomic E-state index is -2.29. The Hall–Kier alpha value is -1.43. The van der Waals surface area contributed by atoms with Crippen LogP contribution in [0.3, 0.4) is 0 Å². The molecule has 0 fully saturated rings. The van der Waals surface area contributed by atoms with Crippen LogP contribution in [-0.2, 0) is 39.0 Å². The number of aromatic hydroxyl groups is 2. The minimum absolute atomic E-state index is 0. The smallest absolute Gasteiger partial charge is 0.206 e. The molecule has 0 unspecified atom stereocenters. The van der Waals surface area contributed by atoms with E-state index in [1.54, 1.807) is 0 Å². The number of aliphatic hydroxyl groups excluding tert-OH is 1. The molecule has 0 spiro atoms. The van der Waals surface area contributed by atoms with Gasteiger partial charge in [0.2, 0.25) is 58.2 Å². The summed E-state index contributed by atoms with van der Waals surface area (Å²) in [5, 5.41) is 31.4. The van der Waals surface area contributed by atoms with Crippen molar-refractivity contribution >= 4 is 7.85 Å². The predicted octanol–water partition coefficient (Wildman–Crippen LogP) is 2.59. The topological polar surface area (TPSA) is 80.9 Å². The second-order valence-corrected chi connectivity index (χ2v) is 4.25. The van der Waals surface area contributed by atoms with Crippen LogP contribution in [0.1, 0.15) is 0 Å². The molecule has 0 atom stereocenters. The SMILES string of the molecule is Oc1c(F)c(F)c(F)c(F)c1F.Oc1c(F)c(F)c(F)c(F)c1F.[B]C(O)O.[Zn].[Zn]. The number of hydrogen-bond donors (Lipinski definition) is 4. The van der Waals surface area contributed by atoms with Gasteiger partial charge in [0, 0.05) is 39.0 Å². The van der Waals surface area contributed by atoms with Crippen molar-refractivity contribution in [3.8, 4) is 11.5 Å². The first-order chi connectivity index (χ1) is 12.7. The summed E-state index contributed by atoms with van der Waals surface area (Å²) >= 11 is 0. The van der Waals surface area contributed by atoms with E-state index in [9.17, 15) is 43.9 Å². The molecule has 0 aliphatic carbocycles. The van der Waals surface area contributed by atoms with Crippen LogP contribution in [-0.4, -0.2) is 34.5 Å². The summed E-state index contributed by atoms with van der Waals surface area (Å²) < 4.78 is 121. The Morgan fingerprint density at radius 1 is 0.433 bits per heavy atom. The molecule has 158 valence electrons. The molecular weight excluding hydrogens is 552 g/mol. The van der Waals surface area contributed by atoms with Crippen LogP contribution in [0.15, 0.2) is 0 Å². The van der Waals surface area contributed by atoms with Gasteiger partial charge in [0.15, 0.2) is 11.5 Å². The molecule has 4 N–H and O–H groups in total. The number of hydrogen-bond acceptors (Lipinski definition) is 4. The van der Waals surface area contributed by atoms with Crippen molar-refractivity contribution in [2.75, 3.05) is 0 Å². The molecule has 0 aromatic heterocycles. The van der Waals surface area contributed by atoms with Crippen molar-refractivity contribution in [1.82, 2.24) is 0 Å². The van der Waals surface area contributed by atoms with E-state index in [4.69, 9.17) is 20.4 Å². The van der Waals surface area contributed by atoms with Gasteiger partial charge in [-0.1, -0.05) is 0 Å². The van der Waals surface area contributed by atoms with E-state index in [2.05, 4.69) is 7.85 Å². The van der Waals surface area contributed by atoms with E-state index in [0.29, 0.717) is 0 Å². The fourth-order valence-electron chi connectivity index (χ4n) is 1.19. The molecule has 0 amide bonds. The molecule has 0 aliphatic rings. The van der Waals surface area contributed by atoms with E-state index in [1.165, 1.54) is 0 Å². The third kappa shape index (κ3) is 8.01. The van der Waals surface area contributed by atoms with Gasteiger partial charge in [-0.25, -0.2) is 26.3 Å². The van der Waals surface area contributed by atoms with Crippen molar-refractivity contribution in [2.45, 2.75) is 6.19 Å². The Morgan fingerprint density at radius 2 is 0.533 bits per heavy atom. The van der Waals surface area contributed by atoms with Crippen molar-refractivity contribution in [2.24, 2.45) is 0 Å². The van der Waals surface area contributed by atoms with Crippen molar-refractivity contribution < 1.29 is 103 Å². The van der Waals surface area contributed by atoms with Gasteiger partial charge >= 0.3 is 0 Å². The molecule has 0 saturated carbocycles. The number of benzene rings is 2. The van der Waals surface area contributed by atoms with Crippen molar-refractivity contribution in [3.05, 3.63) is 58.2 Å². The molecule has 4 nitrogen and oxygen atoms in total. The van der Waals surface area contributed by atoms with Gasteiger partial charge in [0.1, 0.15) is 14.0 Å². The zero-order chi connectivity index (χ0) is 22.5. The van der Waals surface area contributed by atoms with E-state index < -0.39 is 75.9 Å². The first-order valence-electron chi connectivity index (χ1n) is 6.19. The number of phenols is 2. The molecule has 0 bridgehead atoms. The van der Waals surface area contributed by atoms with Gasteiger partial charge in [0.25, 0.3) is 0 Å². The Morgan fingerprint density at radius 3 is 0.667 bits per heavy atom. The van der Waals surface area contributed by atoms with Gasteiger partial charge in [0.05, 0.1) is 0 Å². The molecular formula is C13H5BF10O4Zn2. The summed E-state index contributed by atoms with van der Waals surface area (Å²) in [6, 6.07) is 0. The molecule has 0 heterocycles. The number of rotatable bonds is 0. The first kappa shape index (κ1) is 33.2. The van der Waals surface area contributed by atoms with E-state index >= 15 is 0 Å². The average Bonchev–Trinajstić information content (AvgIpc) is 2.64. The fraction of sp³-hybridized carbons (Fsp3) is 0.0769. The summed E-state index contributed by atoms with van der Waals surface area (Å²) in [6.45, 7) is 0. The molecule has 2 aromatic rings. The summed E-state index contributed by atoms with van der Waals surface area (Å²) in [7, 11) is 4.22. The second-order valence-electron chi connectivity index (χ2n) is 4.25. The minimum Gasteiger partial charge on any atom is -0.503 e. The maximum absolute atomic E-state index is 12.2. The average molecular weight is 557 g/mol. The Bertz CT molecular complexity index is 593. The van der Waals surface area contributed by atoms with Crippen LogP contribution in [0.5, 0.6) is 11.5 Å². The third-order valence-electron chi connectivity index (χ3n) is 2.37. The van der Waals surface area contributed by atoms with Gasteiger partial charge in [-0.05, 0) is 0 Å². The van der Waals surface area contributed by atoms with E-state index in [1.807, 2.05) is 0 Å². The second kappa shape index (κ2) is 13.8. The quantitative estimate of drug-likeness (QED) is 0.132. The molecule has 2 rings (SSSR count). The van der Waals surface area contributed by atoms with Crippen molar-refractivity contribution in [3.63, 3.8) is 0 Å². The van der Waals surface area contributed by atoms with Crippen LogP contribution in [0, 0.1) is 58.2 Å². The molecule has 30 heavy (non-hydrogen) atoms. The van der Waals surface area contributed by atoms with Crippen LogP contribution in [0.2, 0.25) is 0 Å². The maximum atomic E-state index is 12.2.